The van der Waals surface area contributed by atoms with Crippen LogP contribution in [-0.4, -0.2) is 37.1 Å². The predicted octanol–water partition coefficient (Wildman–Crippen LogP) is 2.25. The van der Waals surface area contributed by atoms with E-state index in [1.54, 1.807) is 0 Å². The first-order chi connectivity index (χ1) is 6.81. The summed E-state index contributed by atoms with van der Waals surface area (Å²) < 4.78 is 0. The summed E-state index contributed by atoms with van der Waals surface area (Å²) in [5.74, 6) is 0. The van der Waals surface area contributed by atoms with E-state index in [2.05, 4.69) is 31.1 Å². The smallest absolute Gasteiger partial charge is 0.0110 e. The van der Waals surface area contributed by atoms with Crippen molar-refractivity contribution in [2.75, 3.05) is 20.1 Å². The summed E-state index contributed by atoms with van der Waals surface area (Å²) in [5.41, 5.74) is 0. The maximum absolute atomic E-state index is 3.43. The molecule has 0 aliphatic heterocycles. The van der Waals surface area contributed by atoms with Gasteiger partial charge in [0.25, 0.3) is 0 Å². The highest BCUT2D eigenvalue weighted by molar-refractivity contribution is 4.82. The maximum atomic E-state index is 3.43. The van der Waals surface area contributed by atoms with E-state index >= 15 is 0 Å². The minimum atomic E-state index is 0.764. The van der Waals surface area contributed by atoms with E-state index in [9.17, 15) is 0 Å². The van der Waals surface area contributed by atoms with Crippen LogP contribution in [0, 0.1) is 0 Å². The zero-order chi connectivity index (χ0) is 10.4. The van der Waals surface area contributed by atoms with Crippen LogP contribution < -0.4 is 5.32 Å². The van der Waals surface area contributed by atoms with Gasteiger partial charge in [-0.05, 0) is 45.8 Å². The van der Waals surface area contributed by atoms with Crippen LogP contribution in [0.2, 0.25) is 0 Å². The van der Waals surface area contributed by atoms with E-state index < -0.39 is 0 Å². The van der Waals surface area contributed by atoms with Gasteiger partial charge in [0.1, 0.15) is 0 Å². The number of hydrogen-bond acceptors (Lipinski definition) is 2. The van der Waals surface area contributed by atoms with Crippen molar-refractivity contribution in [3.63, 3.8) is 0 Å². The van der Waals surface area contributed by atoms with Crippen molar-refractivity contribution in [3.8, 4) is 0 Å². The number of rotatable bonds is 5. The minimum absolute atomic E-state index is 0.764. The molecular weight excluding hydrogens is 172 g/mol. The zero-order valence-electron chi connectivity index (χ0n) is 10.1. The zero-order valence-corrected chi connectivity index (χ0v) is 10.1. The molecule has 1 rings (SSSR count). The van der Waals surface area contributed by atoms with E-state index in [0.29, 0.717) is 0 Å². The molecule has 2 atom stereocenters. The fourth-order valence-corrected chi connectivity index (χ4v) is 2.64. The topological polar surface area (TPSA) is 15.3 Å². The van der Waals surface area contributed by atoms with Crippen LogP contribution in [0.4, 0.5) is 0 Å². The third-order valence-corrected chi connectivity index (χ3v) is 3.49. The molecule has 2 unspecified atom stereocenters. The normalized spacial score (nSPS) is 28.3. The van der Waals surface area contributed by atoms with Crippen molar-refractivity contribution >= 4 is 0 Å². The van der Waals surface area contributed by atoms with Crippen molar-refractivity contribution in [2.24, 2.45) is 0 Å². The Morgan fingerprint density at radius 2 is 2.07 bits per heavy atom. The van der Waals surface area contributed by atoms with Crippen LogP contribution in [0.5, 0.6) is 0 Å². The summed E-state index contributed by atoms with van der Waals surface area (Å²) in [6, 6.07) is 1.60. The van der Waals surface area contributed by atoms with Crippen molar-refractivity contribution in [1.82, 2.24) is 10.2 Å². The van der Waals surface area contributed by atoms with Crippen molar-refractivity contribution < 1.29 is 0 Å². The molecule has 1 saturated carbocycles. The first-order valence-electron chi connectivity index (χ1n) is 6.23. The fraction of sp³-hybridized carbons (Fsp3) is 1.00. The standard InChI is InChI=1S/C12H26N2/c1-4-9-14(5-2)12-8-6-7-11(10-12)13-3/h11-13H,4-10H2,1-3H3. The lowest BCUT2D eigenvalue weighted by molar-refractivity contribution is 0.148. The summed E-state index contributed by atoms with van der Waals surface area (Å²) in [4.78, 5) is 2.66. The molecule has 1 aliphatic rings. The van der Waals surface area contributed by atoms with E-state index in [0.717, 1.165) is 12.1 Å². The molecule has 0 aromatic heterocycles. The molecule has 0 heterocycles. The molecule has 0 saturated heterocycles. The lowest BCUT2D eigenvalue weighted by Gasteiger charge is -2.36. The van der Waals surface area contributed by atoms with Crippen LogP contribution in [0.3, 0.4) is 0 Å². The quantitative estimate of drug-likeness (QED) is 0.729. The van der Waals surface area contributed by atoms with Gasteiger partial charge in [-0.2, -0.15) is 0 Å². The van der Waals surface area contributed by atoms with Crippen molar-refractivity contribution in [1.29, 1.82) is 0 Å². The number of nitrogens with one attached hydrogen (secondary N) is 1. The second-order valence-electron chi connectivity index (χ2n) is 4.43. The molecule has 1 N–H and O–H groups in total. The maximum Gasteiger partial charge on any atom is 0.0110 e. The number of hydrogen-bond donors (Lipinski definition) is 1. The monoisotopic (exact) mass is 198 g/mol. The van der Waals surface area contributed by atoms with Crippen LogP contribution in [0.1, 0.15) is 46.0 Å². The first-order valence-corrected chi connectivity index (χ1v) is 6.23. The molecule has 1 aliphatic carbocycles. The predicted molar refractivity (Wildman–Crippen MR) is 62.6 cm³/mol. The Labute approximate surface area is 89.1 Å². The molecule has 0 aromatic rings. The molecular formula is C12H26N2. The van der Waals surface area contributed by atoms with Crippen molar-refractivity contribution in [2.45, 2.75) is 58.0 Å². The lowest BCUT2D eigenvalue weighted by atomic mass is 9.90. The van der Waals surface area contributed by atoms with Gasteiger partial charge in [-0.1, -0.05) is 20.3 Å². The highest BCUT2D eigenvalue weighted by Crippen LogP contribution is 2.22. The van der Waals surface area contributed by atoms with Gasteiger partial charge >= 0.3 is 0 Å². The highest BCUT2D eigenvalue weighted by Gasteiger charge is 2.24. The minimum Gasteiger partial charge on any atom is -0.317 e. The fourth-order valence-electron chi connectivity index (χ4n) is 2.64. The lowest BCUT2D eigenvalue weighted by Crippen LogP contribution is -2.43. The Balaban J connectivity index is 2.40. The molecule has 1 fully saturated rings. The second-order valence-corrected chi connectivity index (χ2v) is 4.43. The molecule has 0 bridgehead atoms. The van der Waals surface area contributed by atoms with Crippen LogP contribution in [-0.2, 0) is 0 Å². The van der Waals surface area contributed by atoms with E-state index in [1.807, 2.05) is 0 Å². The largest absolute Gasteiger partial charge is 0.317 e. The molecule has 0 radical (unpaired) electrons. The average molecular weight is 198 g/mol. The summed E-state index contributed by atoms with van der Waals surface area (Å²) in [6.45, 7) is 7.06. The molecule has 14 heavy (non-hydrogen) atoms. The molecule has 0 aromatic carbocycles. The molecule has 0 amide bonds. The SMILES string of the molecule is CCCN(CC)C1CCCC(NC)C1. The molecule has 84 valence electrons. The van der Waals surface area contributed by atoms with E-state index in [-0.39, 0.29) is 0 Å². The van der Waals surface area contributed by atoms with Gasteiger partial charge in [-0.15, -0.1) is 0 Å². The molecule has 0 spiro atoms. The highest BCUT2D eigenvalue weighted by atomic mass is 15.2. The molecule has 2 heteroatoms. The summed E-state index contributed by atoms with van der Waals surface area (Å²) >= 11 is 0. The Morgan fingerprint density at radius 1 is 1.29 bits per heavy atom. The Kier molecular flexibility index (Phi) is 5.49. The van der Waals surface area contributed by atoms with Gasteiger partial charge in [0, 0.05) is 12.1 Å². The summed E-state index contributed by atoms with van der Waals surface area (Å²) in [5, 5.41) is 3.43. The van der Waals surface area contributed by atoms with Gasteiger partial charge in [0.05, 0.1) is 0 Å². The third-order valence-electron chi connectivity index (χ3n) is 3.49. The van der Waals surface area contributed by atoms with E-state index in [4.69, 9.17) is 0 Å². The average Bonchev–Trinajstić information content (AvgIpc) is 2.26. The van der Waals surface area contributed by atoms with E-state index in [1.165, 1.54) is 45.2 Å². The molecule has 2 nitrogen and oxygen atoms in total. The van der Waals surface area contributed by atoms with Gasteiger partial charge in [-0.3, -0.25) is 0 Å². The van der Waals surface area contributed by atoms with Crippen LogP contribution >= 0.6 is 0 Å². The Hall–Kier alpha value is -0.0800. The van der Waals surface area contributed by atoms with Crippen LogP contribution in [0.25, 0.3) is 0 Å². The van der Waals surface area contributed by atoms with Gasteiger partial charge in [0.15, 0.2) is 0 Å². The number of nitrogens with zero attached hydrogens (tertiary/aromatic N) is 1. The second kappa shape index (κ2) is 6.41. The third kappa shape index (κ3) is 3.25. The van der Waals surface area contributed by atoms with Gasteiger partial charge in [0.2, 0.25) is 0 Å². The summed E-state index contributed by atoms with van der Waals surface area (Å²) in [7, 11) is 2.10. The Bertz CT molecular complexity index is 147. The van der Waals surface area contributed by atoms with Crippen LogP contribution in [0.15, 0.2) is 0 Å². The van der Waals surface area contributed by atoms with Gasteiger partial charge in [-0.25, -0.2) is 0 Å². The summed E-state index contributed by atoms with van der Waals surface area (Å²) in [6.07, 6.45) is 6.82. The van der Waals surface area contributed by atoms with Crippen molar-refractivity contribution in [3.05, 3.63) is 0 Å². The van der Waals surface area contributed by atoms with Gasteiger partial charge < -0.3 is 10.2 Å². The Morgan fingerprint density at radius 3 is 2.64 bits per heavy atom. The first kappa shape index (κ1) is 12.0.